The van der Waals surface area contributed by atoms with E-state index < -0.39 is 11.6 Å². The zero-order chi connectivity index (χ0) is 22.0. The Balaban J connectivity index is 1.56. The number of ether oxygens (including phenoxy) is 2. The molecule has 160 valence electrons. The molecule has 7 heteroatoms. The summed E-state index contributed by atoms with van der Waals surface area (Å²) in [6, 6.07) is 14.6. The third kappa shape index (κ3) is 4.53. The maximum absolute atomic E-state index is 14.0. The molecule has 0 bridgehead atoms. The predicted molar refractivity (Wildman–Crippen MR) is 119 cm³/mol. The summed E-state index contributed by atoms with van der Waals surface area (Å²) in [6.07, 6.45) is 0.856. The number of hydrogen-bond donors (Lipinski definition) is 0. The Morgan fingerprint density at radius 2 is 1.65 bits per heavy atom. The second-order valence-corrected chi connectivity index (χ2v) is 7.91. The minimum absolute atomic E-state index is 0.0223. The van der Waals surface area contributed by atoms with Gasteiger partial charge in [-0.25, -0.2) is 13.8 Å². The fourth-order valence-corrected chi connectivity index (χ4v) is 3.95. The molecule has 3 aromatic rings. The predicted octanol–water partition coefficient (Wildman–Crippen LogP) is 7.25. The topological polar surface area (TPSA) is 30.8 Å². The van der Waals surface area contributed by atoms with Crippen LogP contribution >= 0.6 is 23.2 Å². The summed E-state index contributed by atoms with van der Waals surface area (Å²) in [6.45, 7) is 2.76. The smallest absolute Gasteiger partial charge is 0.222 e. The van der Waals surface area contributed by atoms with Gasteiger partial charge < -0.3 is 9.47 Å². The van der Waals surface area contributed by atoms with Gasteiger partial charge in [-0.2, -0.15) is 0 Å². The van der Waals surface area contributed by atoms with Gasteiger partial charge in [0, 0.05) is 0 Å². The van der Waals surface area contributed by atoms with Crippen molar-refractivity contribution in [3.05, 3.63) is 87.4 Å². The molecule has 1 unspecified atom stereocenters. The highest BCUT2D eigenvalue weighted by Gasteiger charge is 2.26. The van der Waals surface area contributed by atoms with Crippen LogP contribution in [0.2, 0.25) is 10.0 Å². The zero-order valence-electron chi connectivity index (χ0n) is 16.7. The highest BCUT2D eigenvalue weighted by molar-refractivity contribution is 6.37. The van der Waals surface area contributed by atoms with Crippen LogP contribution in [-0.4, -0.2) is 19.1 Å². The number of nitrogens with zero attached hydrogens (tertiary/aromatic N) is 1. The third-order valence-electron chi connectivity index (χ3n) is 4.91. The van der Waals surface area contributed by atoms with Crippen molar-refractivity contribution in [3.8, 4) is 16.9 Å². The van der Waals surface area contributed by atoms with Gasteiger partial charge in [0.25, 0.3) is 0 Å². The monoisotopic (exact) mass is 461 g/mol. The standard InChI is InChI=1S/C24H19Cl2F2NO2/c1-2-10-30-23-17(25)11-16(12-18(23)26)14-6-8-15(9-7-14)21-13-31-24(29-21)22-19(27)4-3-5-20(22)28/h3-9,11-12,21H,2,10,13H2,1H3. The van der Waals surface area contributed by atoms with E-state index in [1.165, 1.54) is 18.2 Å². The van der Waals surface area contributed by atoms with E-state index in [1.54, 1.807) is 0 Å². The van der Waals surface area contributed by atoms with Gasteiger partial charge in [0.1, 0.15) is 29.8 Å². The lowest BCUT2D eigenvalue weighted by molar-refractivity contribution is 0.317. The number of aliphatic imine (C=N–C) groups is 1. The molecular formula is C24H19Cl2F2NO2. The molecule has 1 aliphatic heterocycles. The molecule has 31 heavy (non-hydrogen) atoms. The van der Waals surface area contributed by atoms with Crippen molar-refractivity contribution in [1.82, 2.24) is 0 Å². The van der Waals surface area contributed by atoms with E-state index in [9.17, 15) is 8.78 Å². The van der Waals surface area contributed by atoms with Crippen LogP contribution in [0.1, 0.15) is 30.5 Å². The molecule has 3 aromatic carbocycles. The van der Waals surface area contributed by atoms with E-state index in [4.69, 9.17) is 32.7 Å². The summed E-state index contributed by atoms with van der Waals surface area (Å²) in [5, 5.41) is 0.899. The third-order valence-corrected chi connectivity index (χ3v) is 5.47. The average Bonchev–Trinajstić information content (AvgIpc) is 3.23. The maximum Gasteiger partial charge on any atom is 0.222 e. The molecule has 0 amide bonds. The number of benzene rings is 3. The molecule has 1 heterocycles. The summed E-state index contributed by atoms with van der Waals surface area (Å²) >= 11 is 12.7. The van der Waals surface area contributed by atoms with E-state index in [-0.39, 0.29) is 24.1 Å². The van der Waals surface area contributed by atoms with Crippen LogP contribution < -0.4 is 4.74 Å². The number of halogens is 4. The van der Waals surface area contributed by atoms with Gasteiger partial charge in [-0.1, -0.05) is 60.5 Å². The Morgan fingerprint density at radius 1 is 1.00 bits per heavy atom. The maximum atomic E-state index is 14.0. The molecule has 0 aromatic heterocycles. The molecule has 4 rings (SSSR count). The van der Waals surface area contributed by atoms with Crippen LogP contribution in [0, 0.1) is 11.6 Å². The summed E-state index contributed by atoms with van der Waals surface area (Å²) in [7, 11) is 0. The Hall–Kier alpha value is -2.63. The van der Waals surface area contributed by atoms with Crippen molar-refractivity contribution in [3.63, 3.8) is 0 Å². The molecule has 3 nitrogen and oxygen atoms in total. The largest absolute Gasteiger partial charge is 0.490 e. The first kappa shape index (κ1) is 21.6. The summed E-state index contributed by atoms with van der Waals surface area (Å²) in [5.41, 5.74) is 2.40. The molecule has 0 saturated carbocycles. The molecular weight excluding hydrogens is 443 g/mol. The highest BCUT2D eigenvalue weighted by Crippen LogP contribution is 2.38. The second-order valence-electron chi connectivity index (χ2n) is 7.10. The van der Waals surface area contributed by atoms with Gasteiger partial charge >= 0.3 is 0 Å². The minimum atomic E-state index is -0.699. The van der Waals surface area contributed by atoms with E-state index in [0.717, 1.165) is 23.1 Å². The Labute approximate surface area is 189 Å². The normalized spacial score (nSPS) is 15.5. The van der Waals surface area contributed by atoms with Crippen LogP contribution in [0.25, 0.3) is 11.1 Å². The fraction of sp³-hybridized carbons (Fsp3) is 0.208. The van der Waals surface area contributed by atoms with Crippen LogP contribution in [0.4, 0.5) is 8.78 Å². The lowest BCUT2D eigenvalue weighted by Gasteiger charge is -2.12. The first-order valence-electron chi connectivity index (χ1n) is 9.85. The highest BCUT2D eigenvalue weighted by atomic mass is 35.5. The summed E-state index contributed by atoms with van der Waals surface area (Å²) in [5.74, 6) is -0.938. The first-order valence-corrected chi connectivity index (χ1v) is 10.6. The van der Waals surface area contributed by atoms with E-state index in [2.05, 4.69) is 4.99 Å². The first-order chi connectivity index (χ1) is 15.0. The SMILES string of the molecule is CCCOc1c(Cl)cc(-c2ccc(C3COC(c4c(F)cccc4F)=N3)cc2)cc1Cl. The number of rotatable bonds is 6. The van der Waals surface area contributed by atoms with Gasteiger partial charge in [-0.15, -0.1) is 0 Å². The average molecular weight is 462 g/mol. The molecule has 0 N–H and O–H groups in total. The quantitative estimate of drug-likeness (QED) is 0.387. The lowest BCUT2D eigenvalue weighted by atomic mass is 10.0. The van der Waals surface area contributed by atoms with Crippen molar-refractivity contribution in [2.45, 2.75) is 19.4 Å². The molecule has 0 radical (unpaired) electrons. The van der Waals surface area contributed by atoms with Gasteiger partial charge in [-0.05, 0) is 47.4 Å². The molecule has 0 saturated heterocycles. The minimum Gasteiger partial charge on any atom is -0.490 e. The van der Waals surface area contributed by atoms with Gasteiger partial charge in [0.2, 0.25) is 5.90 Å². The lowest BCUT2D eigenvalue weighted by Crippen LogP contribution is -2.07. The Kier molecular flexibility index (Phi) is 6.44. The van der Waals surface area contributed by atoms with Crippen molar-refractivity contribution in [2.24, 2.45) is 4.99 Å². The Morgan fingerprint density at radius 3 is 2.26 bits per heavy atom. The molecule has 0 spiro atoms. The second kappa shape index (κ2) is 9.25. The van der Waals surface area contributed by atoms with E-state index in [1.807, 2.05) is 43.3 Å². The fourth-order valence-electron chi connectivity index (χ4n) is 3.35. The van der Waals surface area contributed by atoms with Gasteiger partial charge in [-0.3, -0.25) is 0 Å². The van der Waals surface area contributed by atoms with Crippen molar-refractivity contribution in [1.29, 1.82) is 0 Å². The van der Waals surface area contributed by atoms with Crippen molar-refractivity contribution in [2.75, 3.05) is 13.2 Å². The van der Waals surface area contributed by atoms with Crippen molar-refractivity contribution < 1.29 is 18.3 Å². The van der Waals surface area contributed by atoms with E-state index >= 15 is 0 Å². The zero-order valence-corrected chi connectivity index (χ0v) is 18.2. The van der Waals surface area contributed by atoms with Crippen LogP contribution in [0.15, 0.2) is 59.6 Å². The molecule has 0 aliphatic carbocycles. The van der Waals surface area contributed by atoms with Crippen molar-refractivity contribution >= 4 is 29.1 Å². The van der Waals surface area contributed by atoms with Crippen LogP contribution in [0.3, 0.4) is 0 Å². The van der Waals surface area contributed by atoms with E-state index in [0.29, 0.717) is 22.4 Å². The van der Waals surface area contributed by atoms with Crippen LogP contribution in [0.5, 0.6) is 5.75 Å². The molecule has 1 atom stereocenters. The van der Waals surface area contributed by atoms with Gasteiger partial charge in [0.05, 0.1) is 16.7 Å². The summed E-state index contributed by atoms with van der Waals surface area (Å²) < 4.78 is 39.1. The molecule has 1 aliphatic rings. The van der Waals surface area contributed by atoms with Gasteiger partial charge in [0.15, 0.2) is 5.75 Å². The van der Waals surface area contributed by atoms with Crippen LogP contribution in [-0.2, 0) is 4.74 Å². The summed E-state index contributed by atoms with van der Waals surface area (Å²) in [4.78, 5) is 4.38. The Bertz CT molecular complexity index is 1090. The number of hydrogen-bond acceptors (Lipinski definition) is 3. The molecule has 0 fully saturated rings.